The topological polar surface area (TPSA) is 96.9 Å². The van der Waals surface area contributed by atoms with Crippen LogP contribution in [0.2, 0.25) is 0 Å². The summed E-state index contributed by atoms with van der Waals surface area (Å²) in [4.78, 5) is 24.2. The number of amides is 2. The highest BCUT2D eigenvalue weighted by Gasteiger charge is 2.35. The van der Waals surface area contributed by atoms with Crippen molar-refractivity contribution in [2.45, 2.75) is 32.5 Å². The molecule has 0 aromatic heterocycles. The van der Waals surface area contributed by atoms with Crippen LogP contribution in [-0.2, 0) is 15.7 Å². The molecule has 0 saturated carbocycles. The number of benzene rings is 2. The molecule has 36 heavy (non-hydrogen) atoms. The fourth-order valence-corrected chi connectivity index (χ4v) is 3.31. The van der Waals surface area contributed by atoms with E-state index in [1.807, 2.05) is 0 Å². The van der Waals surface area contributed by atoms with Crippen molar-refractivity contribution >= 4 is 28.8 Å². The van der Waals surface area contributed by atoms with E-state index in [0.29, 0.717) is 23.8 Å². The van der Waals surface area contributed by atoms with Crippen LogP contribution in [-0.4, -0.2) is 36.2 Å². The zero-order valence-electron chi connectivity index (χ0n) is 19.4. The van der Waals surface area contributed by atoms with Gasteiger partial charge in [0.2, 0.25) is 5.78 Å². The Balaban J connectivity index is 1.72. The number of ketones is 1. The number of allylic oxidation sites excluding steroid dienone is 4. The number of alkyl halides is 3. The zero-order chi connectivity index (χ0) is 26.5. The molecule has 0 heterocycles. The molecule has 1 unspecified atom stereocenters. The molecule has 1 atom stereocenters. The highest BCUT2D eigenvalue weighted by atomic mass is 19.4. The fourth-order valence-electron chi connectivity index (χ4n) is 3.31. The monoisotopic (exact) mass is 508 g/mol. The van der Waals surface area contributed by atoms with Crippen molar-refractivity contribution in [3.05, 3.63) is 71.3 Å². The van der Waals surface area contributed by atoms with Crippen LogP contribution in [0.3, 0.4) is 0 Å². The predicted molar refractivity (Wildman–Crippen MR) is 125 cm³/mol. The Morgan fingerprint density at radius 2 is 1.89 bits per heavy atom. The molecule has 1 aliphatic rings. The number of aliphatic hydroxyl groups is 1. The lowest BCUT2D eigenvalue weighted by molar-refractivity contribution is -0.139. The van der Waals surface area contributed by atoms with Gasteiger partial charge in [-0.05, 0) is 61.4 Å². The molecule has 0 bridgehead atoms. The van der Waals surface area contributed by atoms with E-state index in [1.54, 1.807) is 13.0 Å². The first kappa shape index (κ1) is 26.7. The highest BCUT2D eigenvalue weighted by Crippen LogP contribution is 2.38. The summed E-state index contributed by atoms with van der Waals surface area (Å²) in [7, 11) is 0. The van der Waals surface area contributed by atoms with Crippen molar-refractivity contribution in [3.8, 4) is 5.75 Å². The lowest BCUT2D eigenvalue weighted by Gasteiger charge is -2.17. The molecule has 3 N–H and O–H groups in total. The van der Waals surface area contributed by atoms with Gasteiger partial charge in [0.1, 0.15) is 18.2 Å². The Labute approximate surface area is 204 Å². The second-order valence-electron chi connectivity index (χ2n) is 7.87. The second kappa shape index (κ2) is 11.3. The first-order chi connectivity index (χ1) is 17.0. The minimum absolute atomic E-state index is 0.105. The molecule has 0 spiro atoms. The molecule has 0 saturated heterocycles. The van der Waals surface area contributed by atoms with Crippen LogP contribution in [0.4, 0.5) is 33.7 Å². The molecule has 0 aliphatic heterocycles. The van der Waals surface area contributed by atoms with E-state index in [4.69, 9.17) is 9.47 Å². The van der Waals surface area contributed by atoms with Crippen molar-refractivity contribution in [1.82, 2.24) is 0 Å². The van der Waals surface area contributed by atoms with Gasteiger partial charge in [-0.2, -0.15) is 13.2 Å². The van der Waals surface area contributed by atoms with Gasteiger partial charge in [-0.25, -0.2) is 9.18 Å². The summed E-state index contributed by atoms with van der Waals surface area (Å²) in [6.45, 7) is 3.06. The number of urea groups is 1. The SMILES string of the molecule is CCOC1=CC(c2ccc(NC(=O)Nc3ccc(OCC(C)O)c(C(F)(F)F)c3)c(F)c2)=CCC1=O. The van der Waals surface area contributed by atoms with Gasteiger partial charge in [0, 0.05) is 12.1 Å². The summed E-state index contributed by atoms with van der Waals surface area (Å²) in [5.74, 6) is -1.30. The average Bonchev–Trinajstić information content (AvgIpc) is 2.80. The Hall–Kier alpha value is -3.86. The number of hydrogen-bond donors (Lipinski definition) is 3. The maximum Gasteiger partial charge on any atom is 0.420 e. The summed E-state index contributed by atoms with van der Waals surface area (Å²) in [6, 6.07) is 5.89. The van der Waals surface area contributed by atoms with Crippen molar-refractivity contribution in [2.24, 2.45) is 0 Å². The molecule has 0 fully saturated rings. The normalized spacial score (nSPS) is 14.5. The molecule has 0 radical (unpaired) electrons. The minimum atomic E-state index is -4.78. The predicted octanol–water partition coefficient (Wildman–Crippen LogP) is 5.52. The number of carbonyl (C=O) groups is 2. The van der Waals surface area contributed by atoms with E-state index in [-0.39, 0.29) is 35.9 Å². The van der Waals surface area contributed by atoms with Crippen LogP contribution in [0.25, 0.3) is 5.57 Å². The molecular weight excluding hydrogens is 484 g/mol. The van der Waals surface area contributed by atoms with Crippen molar-refractivity contribution in [3.63, 3.8) is 0 Å². The van der Waals surface area contributed by atoms with E-state index in [9.17, 15) is 32.3 Å². The van der Waals surface area contributed by atoms with Gasteiger partial charge in [0.15, 0.2) is 5.76 Å². The van der Waals surface area contributed by atoms with E-state index in [1.165, 1.54) is 31.2 Å². The minimum Gasteiger partial charge on any atom is -0.490 e. The van der Waals surface area contributed by atoms with Crippen LogP contribution in [0.1, 0.15) is 31.4 Å². The smallest absolute Gasteiger partial charge is 0.420 e. The molecule has 2 aromatic carbocycles. The van der Waals surface area contributed by atoms with Gasteiger partial charge in [0.05, 0.1) is 24.0 Å². The second-order valence-corrected chi connectivity index (χ2v) is 7.87. The molecule has 2 aromatic rings. The number of halogens is 4. The maximum absolute atomic E-state index is 14.7. The lowest BCUT2D eigenvalue weighted by atomic mass is 9.97. The number of aliphatic hydroxyl groups excluding tert-OH is 1. The number of nitrogens with one attached hydrogen (secondary N) is 2. The molecule has 11 heteroatoms. The third kappa shape index (κ3) is 6.85. The Morgan fingerprint density at radius 1 is 1.14 bits per heavy atom. The summed E-state index contributed by atoms with van der Waals surface area (Å²) in [5, 5.41) is 13.7. The number of anilines is 2. The molecule has 2 amide bonds. The van der Waals surface area contributed by atoms with Crippen molar-refractivity contribution < 1.29 is 41.7 Å². The largest absolute Gasteiger partial charge is 0.490 e. The number of rotatable bonds is 8. The third-order valence-corrected chi connectivity index (χ3v) is 4.94. The molecule has 192 valence electrons. The fraction of sp³-hybridized carbons (Fsp3) is 0.280. The number of hydrogen-bond acceptors (Lipinski definition) is 5. The first-order valence-corrected chi connectivity index (χ1v) is 11.0. The standard InChI is InChI=1S/C25H24F4N2O5/c1-3-35-23-11-16(5-8-21(23)33)15-4-7-20(19(26)10-15)31-24(34)30-17-6-9-22(36-13-14(2)32)18(12-17)25(27,28)29/h4-7,9-12,14,32H,3,8,13H2,1-2H3,(H2,30,31,34). The first-order valence-electron chi connectivity index (χ1n) is 11.0. The quantitative estimate of drug-likeness (QED) is 0.408. The molecule has 7 nitrogen and oxygen atoms in total. The molecule has 3 rings (SSSR count). The number of Topliss-reactive ketones (excluding diaryl/α,β-unsaturated/α-hetero) is 1. The van der Waals surface area contributed by atoms with Crippen LogP contribution < -0.4 is 15.4 Å². The van der Waals surface area contributed by atoms with Gasteiger partial charge >= 0.3 is 12.2 Å². The Kier molecular flexibility index (Phi) is 8.36. The van der Waals surface area contributed by atoms with Crippen LogP contribution in [0.5, 0.6) is 5.75 Å². The Bertz CT molecular complexity index is 1210. The van der Waals surface area contributed by atoms with E-state index in [2.05, 4.69) is 10.6 Å². The summed E-state index contributed by atoms with van der Waals surface area (Å²) in [6.07, 6.45) is -2.51. The average molecular weight is 508 g/mol. The van der Waals surface area contributed by atoms with Crippen molar-refractivity contribution in [1.29, 1.82) is 0 Å². The maximum atomic E-state index is 14.7. The number of ether oxygens (including phenoxy) is 2. The van der Waals surface area contributed by atoms with Gasteiger partial charge < -0.3 is 25.2 Å². The summed E-state index contributed by atoms with van der Waals surface area (Å²) < 4.78 is 65.2. The Morgan fingerprint density at radius 3 is 2.53 bits per heavy atom. The van der Waals surface area contributed by atoms with Gasteiger partial charge in [-0.1, -0.05) is 12.1 Å². The van der Waals surface area contributed by atoms with E-state index in [0.717, 1.165) is 12.1 Å². The van der Waals surface area contributed by atoms with Gasteiger partial charge in [-0.15, -0.1) is 0 Å². The van der Waals surface area contributed by atoms with Gasteiger partial charge in [0.25, 0.3) is 0 Å². The van der Waals surface area contributed by atoms with Crippen LogP contribution in [0.15, 0.2) is 54.3 Å². The zero-order valence-corrected chi connectivity index (χ0v) is 19.4. The third-order valence-electron chi connectivity index (χ3n) is 4.94. The van der Waals surface area contributed by atoms with Crippen molar-refractivity contribution in [2.75, 3.05) is 23.8 Å². The van der Waals surface area contributed by atoms with Gasteiger partial charge in [-0.3, -0.25) is 4.79 Å². The van der Waals surface area contributed by atoms with E-state index < -0.39 is 35.4 Å². The highest BCUT2D eigenvalue weighted by molar-refractivity contribution is 6.02. The lowest BCUT2D eigenvalue weighted by Crippen LogP contribution is -2.21. The number of carbonyl (C=O) groups excluding carboxylic acids is 2. The summed E-state index contributed by atoms with van der Waals surface area (Å²) >= 11 is 0. The van der Waals surface area contributed by atoms with E-state index >= 15 is 0 Å². The van der Waals surface area contributed by atoms with Crippen LogP contribution in [0, 0.1) is 5.82 Å². The summed E-state index contributed by atoms with van der Waals surface area (Å²) in [5.41, 5.74) is -0.524. The van der Waals surface area contributed by atoms with Crippen LogP contribution >= 0.6 is 0 Å². The molecular formula is C25H24F4N2O5. The molecule has 1 aliphatic carbocycles.